The van der Waals surface area contributed by atoms with Crippen molar-refractivity contribution in [3.63, 3.8) is 0 Å². The molecule has 1 saturated carbocycles. The summed E-state index contributed by atoms with van der Waals surface area (Å²) in [5.41, 5.74) is 0.675. The molecule has 2 fully saturated rings. The van der Waals surface area contributed by atoms with Crippen LogP contribution in [0, 0.1) is 17.5 Å². The van der Waals surface area contributed by atoms with E-state index in [2.05, 4.69) is 10.4 Å². The highest BCUT2D eigenvalue weighted by molar-refractivity contribution is 7.89. The SMILES string of the molecule is O=S(=O)(c1ccc2c(c1)c(Nc1cc(F)c(F)c(F)c1)nn2C1CC1)N1CCOCC1. The van der Waals surface area contributed by atoms with Gasteiger partial charge in [0.1, 0.15) is 0 Å². The Labute approximate surface area is 176 Å². The van der Waals surface area contributed by atoms with Gasteiger partial charge in [0.05, 0.1) is 29.7 Å². The van der Waals surface area contributed by atoms with Crippen molar-refractivity contribution in [1.82, 2.24) is 14.1 Å². The van der Waals surface area contributed by atoms with Gasteiger partial charge in [0.15, 0.2) is 23.3 Å². The maximum atomic E-state index is 13.7. The molecule has 1 aromatic heterocycles. The molecule has 0 spiro atoms. The minimum atomic E-state index is -3.74. The number of sulfonamides is 1. The van der Waals surface area contributed by atoms with E-state index in [4.69, 9.17) is 4.74 Å². The van der Waals surface area contributed by atoms with Gasteiger partial charge in [0, 0.05) is 36.3 Å². The van der Waals surface area contributed by atoms with E-state index in [0.717, 1.165) is 25.0 Å². The van der Waals surface area contributed by atoms with Crippen LogP contribution in [-0.2, 0) is 14.8 Å². The third-order valence-corrected chi connectivity index (χ3v) is 7.32. The van der Waals surface area contributed by atoms with Crippen LogP contribution >= 0.6 is 0 Å². The summed E-state index contributed by atoms with van der Waals surface area (Å²) in [6.45, 7) is 1.19. The maximum absolute atomic E-state index is 13.7. The van der Waals surface area contributed by atoms with Crippen LogP contribution in [0.5, 0.6) is 0 Å². The fourth-order valence-corrected chi connectivity index (χ4v) is 5.11. The van der Waals surface area contributed by atoms with Gasteiger partial charge in [-0.2, -0.15) is 9.40 Å². The molecular weight excluding hydrogens is 433 g/mol. The molecule has 1 aliphatic heterocycles. The lowest BCUT2D eigenvalue weighted by atomic mass is 10.2. The van der Waals surface area contributed by atoms with Crippen molar-refractivity contribution in [3.8, 4) is 0 Å². The molecular formula is C20H19F3N4O3S. The van der Waals surface area contributed by atoms with Gasteiger partial charge in [0.25, 0.3) is 0 Å². The quantitative estimate of drug-likeness (QED) is 0.600. The van der Waals surface area contributed by atoms with Crippen LogP contribution in [0.25, 0.3) is 10.9 Å². The first kappa shape index (κ1) is 20.3. The molecule has 1 saturated heterocycles. The number of nitrogens with one attached hydrogen (secondary N) is 1. The normalized spacial score (nSPS) is 17.9. The number of aromatic nitrogens is 2. The van der Waals surface area contributed by atoms with Gasteiger partial charge < -0.3 is 10.1 Å². The van der Waals surface area contributed by atoms with E-state index in [1.54, 1.807) is 10.7 Å². The zero-order valence-electron chi connectivity index (χ0n) is 16.3. The highest BCUT2D eigenvalue weighted by Crippen LogP contribution is 2.40. The van der Waals surface area contributed by atoms with Crippen molar-refractivity contribution in [2.45, 2.75) is 23.8 Å². The van der Waals surface area contributed by atoms with Gasteiger partial charge in [-0.1, -0.05) is 0 Å². The van der Waals surface area contributed by atoms with Crippen LogP contribution in [0.2, 0.25) is 0 Å². The fraction of sp³-hybridized carbons (Fsp3) is 0.350. The number of rotatable bonds is 5. The van der Waals surface area contributed by atoms with Crippen molar-refractivity contribution in [2.75, 3.05) is 31.6 Å². The third kappa shape index (κ3) is 3.66. The number of nitrogens with zero attached hydrogens (tertiary/aromatic N) is 3. The van der Waals surface area contributed by atoms with E-state index < -0.39 is 27.5 Å². The lowest BCUT2D eigenvalue weighted by Gasteiger charge is -2.26. The topological polar surface area (TPSA) is 76.5 Å². The Kier molecular flexibility index (Phi) is 4.91. The number of ether oxygens (including phenoxy) is 1. The summed E-state index contributed by atoms with van der Waals surface area (Å²) >= 11 is 0. The Balaban J connectivity index is 1.58. The second kappa shape index (κ2) is 7.50. The summed E-state index contributed by atoms with van der Waals surface area (Å²) in [5, 5.41) is 7.80. The summed E-state index contributed by atoms with van der Waals surface area (Å²) < 4.78 is 75.1. The van der Waals surface area contributed by atoms with Crippen LogP contribution in [0.4, 0.5) is 24.7 Å². The van der Waals surface area contributed by atoms with Crippen molar-refractivity contribution in [3.05, 3.63) is 47.8 Å². The van der Waals surface area contributed by atoms with Crippen LogP contribution in [0.3, 0.4) is 0 Å². The van der Waals surface area contributed by atoms with Gasteiger partial charge in [0.2, 0.25) is 10.0 Å². The summed E-state index contributed by atoms with van der Waals surface area (Å²) in [6, 6.07) is 6.56. The molecule has 164 valence electrons. The monoisotopic (exact) mass is 452 g/mol. The second-order valence-corrected chi connectivity index (χ2v) is 9.54. The van der Waals surface area contributed by atoms with Gasteiger partial charge in [-0.3, -0.25) is 4.68 Å². The maximum Gasteiger partial charge on any atom is 0.243 e. The van der Waals surface area contributed by atoms with Crippen LogP contribution in [-0.4, -0.2) is 48.8 Å². The van der Waals surface area contributed by atoms with E-state index in [-0.39, 0.29) is 35.5 Å². The van der Waals surface area contributed by atoms with E-state index in [9.17, 15) is 21.6 Å². The Morgan fingerprint density at radius 1 is 1.03 bits per heavy atom. The third-order valence-electron chi connectivity index (χ3n) is 5.42. The zero-order valence-corrected chi connectivity index (χ0v) is 17.1. The molecule has 0 amide bonds. The zero-order chi connectivity index (χ0) is 21.8. The number of hydrogen-bond donors (Lipinski definition) is 1. The predicted octanol–water partition coefficient (Wildman–Crippen LogP) is 3.55. The molecule has 0 radical (unpaired) electrons. The lowest BCUT2D eigenvalue weighted by molar-refractivity contribution is 0.0730. The minimum absolute atomic E-state index is 0.0276. The highest BCUT2D eigenvalue weighted by Gasteiger charge is 2.30. The first-order chi connectivity index (χ1) is 14.8. The fourth-order valence-electron chi connectivity index (χ4n) is 3.67. The smallest absolute Gasteiger partial charge is 0.243 e. The van der Waals surface area contributed by atoms with Crippen molar-refractivity contribution in [2.24, 2.45) is 0 Å². The Morgan fingerprint density at radius 2 is 1.71 bits per heavy atom. The van der Waals surface area contributed by atoms with Gasteiger partial charge in [-0.25, -0.2) is 21.6 Å². The Hall–Kier alpha value is -2.63. The van der Waals surface area contributed by atoms with Crippen LogP contribution in [0.15, 0.2) is 35.2 Å². The molecule has 0 bridgehead atoms. The molecule has 31 heavy (non-hydrogen) atoms. The van der Waals surface area contributed by atoms with Crippen LogP contribution in [0.1, 0.15) is 18.9 Å². The van der Waals surface area contributed by atoms with E-state index in [1.165, 1.54) is 16.4 Å². The molecule has 1 aliphatic carbocycles. The molecule has 0 unspecified atom stereocenters. The Morgan fingerprint density at radius 3 is 2.35 bits per heavy atom. The number of fused-ring (bicyclic) bond motifs is 1. The largest absolute Gasteiger partial charge is 0.379 e. The molecule has 3 aromatic rings. The first-order valence-electron chi connectivity index (χ1n) is 9.86. The summed E-state index contributed by atoms with van der Waals surface area (Å²) in [5.74, 6) is -3.97. The molecule has 11 heteroatoms. The first-order valence-corrected chi connectivity index (χ1v) is 11.3. The summed E-state index contributed by atoms with van der Waals surface area (Å²) in [4.78, 5) is 0.0942. The summed E-state index contributed by atoms with van der Waals surface area (Å²) in [7, 11) is -3.74. The van der Waals surface area contributed by atoms with E-state index in [0.29, 0.717) is 24.1 Å². The number of hydrogen-bond acceptors (Lipinski definition) is 5. The van der Waals surface area contributed by atoms with E-state index >= 15 is 0 Å². The van der Waals surface area contributed by atoms with Gasteiger partial charge in [-0.05, 0) is 31.0 Å². The van der Waals surface area contributed by atoms with Gasteiger partial charge in [-0.15, -0.1) is 0 Å². The molecule has 2 aliphatic rings. The molecule has 7 nitrogen and oxygen atoms in total. The van der Waals surface area contributed by atoms with Gasteiger partial charge >= 0.3 is 0 Å². The average Bonchev–Trinajstić information content (AvgIpc) is 3.55. The lowest BCUT2D eigenvalue weighted by Crippen LogP contribution is -2.40. The number of benzene rings is 2. The Bertz CT molecular complexity index is 1250. The molecule has 0 atom stereocenters. The van der Waals surface area contributed by atoms with Crippen LogP contribution < -0.4 is 5.32 Å². The van der Waals surface area contributed by atoms with Crippen molar-refractivity contribution >= 4 is 32.4 Å². The molecule has 1 N–H and O–H groups in total. The average molecular weight is 452 g/mol. The number of morpholine rings is 1. The summed E-state index contributed by atoms with van der Waals surface area (Å²) in [6.07, 6.45) is 1.87. The standard InChI is InChI=1S/C20H19F3N4O3S/c21-16-9-12(10-17(22)19(16)23)24-20-15-11-14(31(28,29)26-5-7-30-8-6-26)3-4-18(15)27(25-20)13-1-2-13/h3-4,9-11,13H,1-2,5-8H2,(H,24,25). The molecule has 2 heterocycles. The van der Waals surface area contributed by atoms with Crippen molar-refractivity contribution < 1.29 is 26.3 Å². The minimum Gasteiger partial charge on any atom is -0.379 e. The van der Waals surface area contributed by atoms with E-state index in [1.807, 2.05) is 0 Å². The molecule has 2 aromatic carbocycles. The number of halogens is 3. The predicted molar refractivity (Wildman–Crippen MR) is 107 cm³/mol. The van der Waals surface area contributed by atoms with Crippen molar-refractivity contribution in [1.29, 1.82) is 0 Å². The molecule has 5 rings (SSSR count). The second-order valence-electron chi connectivity index (χ2n) is 7.60. The highest BCUT2D eigenvalue weighted by atomic mass is 32.2. The number of anilines is 2.